The zero-order valence-corrected chi connectivity index (χ0v) is 15.0. The van der Waals surface area contributed by atoms with E-state index >= 15 is 0 Å². The molecule has 24 heavy (non-hydrogen) atoms. The van der Waals surface area contributed by atoms with Crippen LogP contribution in [0.3, 0.4) is 0 Å². The summed E-state index contributed by atoms with van der Waals surface area (Å²) in [6.45, 7) is 4.07. The van der Waals surface area contributed by atoms with Gasteiger partial charge in [0.25, 0.3) is 5.91 Å². The van der Waals surface area contributed by atoms with Gasteiger partial charge in [0.1, 0.15) is 9.88 Å². The molecule has 126 valence electrons. The molecule has 0 radical (unpaired) electrons. The number of nitrogens with zero attached hydrogens (tertiary/aromatic N) is 2. The second kappa shape index (κ2) is 6.28. The fourth-order valence-corrected chi connectivity index (χ4v) is 5.44. The summed E-state index contributed by atoms with van der Waals surface area (Å²) in [7, 11) is 0. The number of carbonyl (C=O) groups excluding carboxylic acids is 1. The van der Waals surface area contributed by atoms with Crippen molar-refractivity contribution in [3.05, 3.63) is 35.0 Å². The molecule has 2 aromatic rings. The molecule has 5 heteroatoms. The first-order valence-corrected chi connectivity index (χ1v) is 9.63. The van der Waals surface area contributed by atoms with Gasteiger partial charge in [-0.1, -0.05) is 12.5 Å². The topological polar surface area (TPSA) is 54.9 Å². The molecule has 0 aliphatic heterocycles. The number of amides is 1. The number of hydrogen-bond acceptors (Lipinski definition) is 4. The highest BCUT2D eigenvalue weighted by Gasteiger charge is 2.42. The lowest BCUT2D eigenvalue weighted by Gasteiger charge is -2.28. The molecule has 2 aromatic heterocycles. The standard InChI is InChI=1S/C19H23N3OS/c1-11(15-10-13-6-7-14(15)9-13)21-18(23)17-12(2)22-19(24-17)16-5-3-4-8-20-16/h3-5,8,11,13-15H,6-7,9-10H2,1-2H3,(H,21,23). The maximum Gasteiger partial charge on any atom is 0.263 e. The molecule has 2 aliphatic carbocycles. The molecule has 2 bridgehead atoms. The lowest BCUT2D eigenvalue weighted by molar-refractivity contribution is 0.0918. The van der Waals surface area contributed by atoms with Crippen LogP contribution in [-0.4, -0.2) is 21.9 Å². The summed E-state index contributed by atoms with van der Waals surface area (Å²) in [6, 6.07) is 6.00. The molecule has 4 rings (SSSR count). The predicted molar refractivity (Wildman–Crippen MR) is 95.9 cm³/mol. The Bertz CT molecular complexity index is 742. The van der Waals surface area contributed by atoms with Crippen LogP contribution >= 0.6 is 11.3 Å². The highest BCUT2D eigenvalue weighted by atomic mass is 32.1. The van der Waals surface area contributed by atoms with Crippen molar-refractivity contribution in [3.63, 3.8) is 0 Å². The zero-order valence-electron chi connectivity index (χ0n) is 14.2. The molecule has 1 amide bonds. The normalized spacial score (nSPS) is 26.5. The molecule has 0 aromatic carbocycles. The number of aromatic nitrogens is 2. The van der Waals surface area contributed by atoms with E-state index in [1.165, 1.54) is 37.0 Å². The third-order valence-electron chi connectivity index (χ3n) is 5.68. The predicted octanol–water partition coefficient (Wildman–Crippen LogP) is 4.07. The lowest BCUT2D eigenvalue weighted by Crippen LogP contribution is -2.40. The molecule has 2 aliphatic rings. The summed E-state index contributed by atoms with van der Waals surface area (Å²) in [5.41, 5.74) is 1.61. The van der Waals surface area contributed by atoms with Gasteiger partial charge in [-0.25, -0.2) is 4.98 Å². The van der Waals surface area contributed by atoms with Gasteiger partial charge in [-0.15, -0.1) is 11.3 Å². The minimum atomic E-state index is 0.0162. The van der Waals surface area contributed by atoms with Gasteiger partial charge >= 0.3 is 0 Å². The molecule has 0 spiro atoms. The van der Waals surface area contributed by atoms with E-state index in [0.717, 1.165) is 28.2 Å². The quantitative estimate of drug-likeness (QED) is 0.912. The second-order valence-electron chi connectivity index (χ2n) is 7.25. The summed E-state index contributed by atoms with van der Waals surface area (Å²) in [5, 5.41) is 4.05. The molecular weight excluding hydrogens is 318 g/mol. The van der Waals surface area contributed by atoms with Crippen molar-refractivity contribution in [1.29, 1.82) is 0 Å². The number of rotatable bonds is 4. The number of hydrogen-bond donors (Lipinski definition) is 1. The molecular formula is C19H23N3OS. The van der Waals surface area contributed by atoms with Gasteiger partial charge < -0.3 is 5.32 Å². The van der Waals surface area contributed by atoms with Crippen LogP contribution < -0.4 is 5.32 Å². The van der Waals surface area contributed by atoms with E-state index in [1.54, 1.807) is 6.20 Å². The van der Waals surface area contributed by atoms with Crippen molar-refractivity contribution in [2.75, 3.05) is 0 Å². The highest BCUT2D eigenvalue weighted by molar-refractivity contribution is 7.17. The summed E-state index contributed by atoms with van der Waals surface area (Å²) < 4.78 is 0. The van der Waals surface area contributed by atoms with Gasteiger partial charge in [0.05, 0.1) is 11.4 Å². The first kappa shape index (κ1) is 15.8. The average molecular weight is 341 g/mol. The van der Waals surface area contributed by atoms with Crippen LogP contribution in [0.1, 0.15) is 48.0 Å². The number of carbonyl (C=O) groups is 1. The van der Waals surface area contributed by atoms with E-state index in [2.05, 4.69) is 22.2 Å². The Labute approximate surface area is 146 Å². The fourth-order valence-electron chi connectivity index (χ4n) is 4.49. The maximum atomic E-state index is 12.7. The largest absolute Gasteiger partial charge is 0.349 e. The molecule has 4 nitrogen and oxygen atoms in total. The maximum absolute atomic E-state index is 12.7. The number of pyridine rings is 1. The Morgan fingerprint density at radius 1 is 1.33 bits per heavy atom. The minimum absolute atomic E-state index is 0.0162. The van der Waals surface area contributed by atoms with E-state index in [1.807, 2.05) is 25.1 Å². The lowest BCUT2D eigenvalue weighted by atomic mass is 9.84. The highest BCUT2D eigenvalue weighted by Crippen LogP contribution is 2.49. The zero-order chi connectivity index (χ0) is 16.7. The molecule has 4 atom stereocenters. The summed E-state index contributed by atoms with van der Waals surface area (Å²) >= 11 is 1.43. The van der Waals surface area contributed by atoms with E-state index in [9.17, 15) is 4.79 Å². The van der Waals surface area contributed by atoms with Gasteiger partial charge in [-0.05, 0) is 63.0 Å². The van der Waals surface area contributed by atoms with Crippen LogP contribution in [0.5, 0.6) is 0 Å². The van der Waals surface area contributed by atoms with E-state index in [-0.39, 0.29) is 11.9 Å². The van der Waals surface area contributed by atoms with Gasteiger partial charge in [0.15, 0.2) is 0 Å². The van der Waals surface area contributed by atoms with Crippen molar-refractivity contribution in [3.8, 4) is 10.7 Å². The van der Waals surface area contributed by atoms with Crippen LogP contribution in [0.4, 0.5) is 0 Å². The van der Waals surface area contributed by atoms with E-state index in [0.29, 0.717) is 10.8 Å². The van der Waals surface area contributed by atoms with Gasteiger partial charge in [0, 0.05) is 12.2 Å². The Kier molecular flexibility index (Phi) is 4.12. The monoisotopic (exact) mass is 341 g/mol. The second-order valence-corrected chi connectivity index (χ2v) is 8.25. The molecule has 2 saturated carbocycles. The Hall–Kier alpha value is -1.75. The van der Waals surface area contributed by atoms with Crippen LogP contribution in [0.25, 0.3) is 10.7 Å². The van der Waals surface area contributed by atoms with Crippen molar-refractivity contribution < 1.29 is 4.79 Å². The average Bonchev–Trinajstić information content (AvgIpc) is 3.30. The van der Waals surface area contributed by atoms with E-state index in [4.69, 9.17) is 0 Å². The third-order valence-corrected chi connectivity index (χ3v) is 6.86. The van der Waals surface area contributed by atoms with E-state index < -0.39 is 0 Å². The van der Waals surface area contributed by atoms with Crippen LogP contribution in [0.2, 0.25) is 0 Å². The molecule has 4 unspecified atom stereocenters. The van der Waals surface area contributed by atoms with Gasteiger partial charge in [-0.3, -0.25) is 9.78 Å². The van der Waals surface area contributed by atoms with Gasteiger partial charge in [-0.2, -0.15) is 0 Å². The smallest absolute Gasteiger partial charge is 0.263 e. The third kappa shape index (κ3) is 2.86. The number of fused-ring (bicyclic) bond motifs is 2. The van der Waals surface area contributed by atoms with Crippen molar-refractivity contribution in [2.45, 2.75) is 45.6 Å². The SMILES string of the molecule is Cc1nc(-c2ccccn2)sc1C(=O)NC(C)C1CC2CCC1C2. The molecule has 0 saturated heterocycles. The summed E-state index contributed by atoms with van der Waals surface area (Å²) in [4.78, 5) is 22.3. The van der Waals surface area contributed by atoms with Gasteiger partial charge in [0.2, 0.25) is 0 Å². The van der Waals surface area contributed by atoms with Crippen LogP contribution in [0, 0.1) is 24.7 Å². The summed E-state index contributed by atoms with van der Waals surface area (Å²) in [6.07, 6.45) is 7.15. The fraction of sp³-hybridized carbons (Fsp3) is 0.526. The van der Waals surface area contributed by atoms with Crippen molar-refractivity contribution in [1.82, 2.24) is 15.3 Å². The molecule has 2 fully saturated rings. The molecule has 2 heterocycles. The first-order chi connectivity index (χ1) is 11.6. The Morgan fingerprint density at radius 3 is 2.88 bits per heavy atom. The van der Waals surface area contributed by atoms with Crippen LogP contribution in [0.15, 0.2) is 24.4 Å². The minimum Gasteiger partial charge on any atom is -0.349 e. The Balaban J connectivity index is 1.47. The van der Waals surface area contributed by atoms with Crippen LogP contribution in [-0.2, 0) is 0 Å². The number of nitrogens with one attached hydrogen (secondary N) is 1. The number of aryl methyl sites for hydroxylation is 1. The Morgan fingerprint density at radius 2 is 2.21 bits per heavy atom. The summed E-state index contributed by atoms with van der Waals surface area (Å²) in [5.74, 6) is 2.39. The van der Waals surface area contributed by atoms with Crippen molar-refractivity contribution >= 4 is 17.2 Å². The first-order valence-electron chi connectivity index (χ1n) is 8.81. The number of thiazole rings is 1. The van der Waals surface area contributed by atoms with Crippen molar-refractivity contribution in [2.24, 2.45) is 17.8 Å². The molecule has 1 N–H and O–H groups in total.